The van der Waals surface area contributed by atoms with Crippen LogP contribution in [0.15, 0.2) is 0 Å². The lowest BCUT2D eigenvalue weighted by Crippen LogP contribution is -2.51. The van der Waals surface area contributed by atoms with E-state index < -0.39 is 0 Å². The lowest BCUT2D eigenvalue weighted by Gasteiger charge is -2.47. The third-order valence-corrected chi connectivity index (χ3v) is 5.67. The highest BCUT2D eigenvalue weighted by atomic mass is 16.5. The van der Waals surface area contributed by atoms with Gasteiger partial charge in [-0.1, -0.05) is 19.3 Å². The molecule has 3 nitrogen and oxygen atoms in total. The fraction of sp³-hybridized carbons (Fsp3) is 1.00. The molecule has 0 aromatic carbocycles. The van der Waals surface area contributed by atoms with Crippen molar-refractivity contribution in [2.45, 2.75) is 75.5 Å². The molecule has 3 rings (SSSR count). The molecule has 2 aliphatic carbocycles. The van der Waals surface area contributed by atoms with E-state index in [1.165, 1.54) is 64.3 Å². The molecule has 1 aliphatic heterocycles. The number of nitrogens with two attached hydrogens (primary N) is 1. The standard InChI is InChI=1S/C16H30N2O/c1-18(12-13-9-14(17)10-13)15-5-8-19-16(11-15)6-3-2-4-7-16/h13-15H,2-12,17H2,1H3. The first-order valence-electron chi connectivity index (χ1n) is 8.27. The summed E-state index contributed by atoms with van der Waals surface area (Å²) in [4.78, 5) is 2.61. The second kappa shape index (κ2) is 5.71. The van der Waals surface area contributed by atoms with Gasteiger partial charge in [0.05, 0.1) is 5.60 Å². The molecule has 3 heteroatoms. The predicted molar refractivity (Wildman–Crippen MR) is 78.1 cm³/mol. The maximum atomic E-state index is 6.20. The normalized spacial score (nSPS) is 38.4. The second-order valence-corrected chi connectivity index (χ2v) is 7.28. The Morgan fingerprint density at radius 1 is 1.21 bits per heavy atom. The van der Waals surface area contributed by atoms with Crippen LogP contribution in [-0.4, -0.2) is 42.8 Å². The summed E-state index contributed by atoms with van der Waals surface area (Å²) >= 11 is 0. The van der Waals surface area contributed by atoms with Gasteiger partial charge < -0.3 is 15.4 Å². The summed E-state index contributed by atoms with van der Waals surface area (Å²) in [5.41, 5.74) is 6.14. The van der Waals surface area contributed by atoms with Gasteiger partial charge in [-0.05, 0) is 51.5 Å². The monoisotopic (exact) mass is 266 g/mol. The lowest BCUT2D eigenvalue weighted by atomic mass is 9.77. The summed E-state index contributed by atoms with van der Waals surface area (Å²) < 4.78 is 6.20. The van der Waals surface area contributed by atoms with Crippen molar-refractivity contribution >= 4 is 0 Å². The van der Waals surface area contributed by atoms with Crippen LogP contribution in [0.2, 0.25) is 0 Å². The van der Waals surface area contributed by atoms with E-state index in [4.69, 9.17) is 10.5 Å². The van der Waals surface area contributed by atoms with E-state index in [-0.39, 0.29) is 5.60 Å². The summed E-state index contributed by atoms with van der Waals surface area (Å²) in [6, 6.07) is 1.22. The smallest absolute Gasteiger partial charge is 0.0697 e. The first kappa shape index (κ1) is 13.8. The number of rotatable bonds is 3. The molecule has 110 valence electrons. The molecule has 0 radical (unpaired) electrons. The molecule has 1 unspecified atom stereocenters. The van der Waals surface area contributed by atoms with Crippen molar-refractivity contribution in [1.82, 2.24) is 4.90 Å². The molecule has 3 fully saturated rings. The van der Waals surface area contributed by atoms with E-state index in [1.807, 2.05) is 0 Å². The number of hydrogen-bond acceptors (Lipinski definition) is 3. The maximum Gasteiger partial charge on any atom is 0.0697 e. The SMILES string of the molecule is CN(CC1CC(N)C1)C1CCOC2(CCCCC2)C1. The zero-order valence-electron chi connectivity index (χ0n) is 12.4. The lowest BCUT2D eigenvalue weighted by molar-refractivity contribution is -0.123. The van der Waals surface area contributed by atoms with Crippen molar-refractivity contribution in [1.29, 1.82) is 0 Å². The molecule has 1 saturated heterocycles. The summed E-state index contributed by atoms with van der Waals surface area (Å²) in [7, 11) is 2.32. The van der Waals surface area contributed by atoms with Gasteiger partial charge >= 0.3 is 0 Å². The molecule has 2 saturated carbocycles. The van der Waals surface area contributed by atoms with Gasteiger partial charge in [0.15, 0.2) is 0 Å². The van der Waals surface area contributed by atoms with Crippen LogP contribution in [0.3, 0.4) is 0 Å². The molecule has 19 heavy (non-hydrogen) atoms. The van der Waals surface area contributed by atoms with E-state index in [0.29, 0.717) is 6.04 Å². The van der Waals surface area contributed by atoms with Gasteiger partial charge in [-0.15, -0.1) is 0 Å². The van der Waals surface area contributed by atoms with Crippen molar-refractivity contribution in [2.75, 3.05) is 20.2 Å². The maximum absolute atomic E-state index is 6.20. The average Bonchev–Trinajstić information content (AvgIpc) is 2.38. The van der Waals surface area contributed by atoms with Crippen LogP contribution in [0.25, 0.3) is 0 Å². The van der Waals surface area contributed by atoms with E-state index in [0.717, 1.165) is 18.6 Å². The fourth-order valence-corrected chi connectivity index (χ4v) is 4.42. The first-order valence-corrected chi connectivity index (χ1v) is 8.27. The number of hydrogen-bond donors (Lipinski definition) is 1. The van der Waals surface area contributed by atoms with Gasteiger partial charge in [0.1, 0.15) is 0 Å². The minimum absolute atomic E-state index is 0.242. The van der Waals surface area contributed by atoms with Crippen LogP contribution in [0.5, 0.6) is 0 Å². The Hall–Kier alpha value is -0.120. The highest BCUT2D eigenvalue weighted by Gasteiger charge is 2.40. The van der Waals surface area contributed by atoms with E-state index in [9.17, 15) is 0 Å². The molecule has 2 N–H and O–H groups in total. The molecule has 1 spiro atoms. The highest BCUT2D eigenvalue weighted by molar-refractivity contribution is 4.93. The Morgan fingerprint density at radius 3 is 2.63 bits per heavy atom. The zero-order chi connectivity index (χ0) is 13.3. The molecule has 0 amide bonds. The average molecular weight is 266 g/mol. The Morgan fingerprint density at radius 2 is 1.95 bits per heavy atom. The molecule has 1 heterocycles. The van der Waals surface area contributed by atoms with E-state index in [1.54, 1.807) is 0 Å². The second-order valence-electron chi connectivity index (χ2n) is 7.28. The van der Waals surface area contributed by atoms with Crippen LogP contribution in [0.4, 0.5) is 0 Å². The topological polar surface area (TPSA) is 38.5 Å². The van der Waals surface area contributed by atoms with Gasteiger partial charge in [0.2, 0.25) is 0 Å². The summed E-state index contributed by atoms with van der Waals surface area (Å²) in [5.74, 6) is 0.852. The number of nitrogens with zero attached hydrogens (tertiary/aromatic N) is 1. The van der Waals surface area contributed by atoms with Gasteiger partial charge in [0.25, 0.3) is 0 Å². The third kappa shape index (κ3) is 3.14. The fourth-order valence-electron chi connectivity index (χ4n) is 4.42. The first-order chi connectivity index (χ1) is 9.17. The van der Waals surface area contributed by atoms with Gasteiger partial charge in [0, 0.05) is 25.2 Å². The predicted octanol–water partition coefficient (Wildman–Crippen LogP) is 2.54. The quantitative estimate of drug-likeness (QED) is 0.853. The zero-order valence-corrected chi connectivity index (χ0v) is 12.4. The molecule has 1 atom stereocenters. The van der Waals surface area contributed by atoms with Crippen molar-refractivity contribution in [3.05, 3.63) is 0 Å². The molecular weight excluding hydrogens is 236 g/mol. The minimum Gasteiger partial charge on any atom is -0.375 e. The highest BCUT2D eigenvalue weighted by Crippen LogP contribution is 2.40. The van der Waals surface area contributed by atoms with Gasteiger partial charge in [-0.2, -0.15) is 0 Å². The summed E-state index contributed by atoms with van der Waals surface area (Å²) in [6.45, 7) is 2.22. The third-order valence-electron chi connectivity index (χ3n) is 5.67. The Kier molecular flexibility index (Phi) is 4.16. The van der Waals surface area contributed by atoms with E-state index >= 15 is 0 Å². The molecule has 3 aliphatic rings. The van der Waals surface area contributed by atoms with Crippen molar-refractivity contribution in [3.8, 4) is 0 Å². The molecule has 0 aromatic heterocycles. The van der Waals surface area contributed by atoms with Crippen LogP contribution in [-0.2, 0) is 4.74 Å². The van der Waals surface area contributed by atoms with Gasteiger partial charge in [-0.25, -0.2) is 0 Å². The Bertz CT molecular complexity index is 290. The molecule has 0 aromatic rings. The van der Waals surface area contributed by atoms with Crippen LogP contribution < -0.4 is 5.73 Å². The molecule has 0 bridgehead atoms. The van der Waals surface area contributed by atoms with E-state index in [2.05, 4.69) is 11.9 Å². The summed E-state index contributed by atoms with van der Waals surface area (Å²) in [6.07, 6.45) is 11.7. The largest absolute Gasteiger partial charge is 0.375 e. The summed E-state index contributed by atoms with van der Waals surface area (Å²) in [5, 5.41) is 0. The Labute approximate surface area is 117 Å². The Balaban J connectivity index is 1.52. The van der Waals surface area contributed by atoms with Crippen LogP contribution in [0.1, 0.15) is 57.8 Å². The van der Waals surface area contributed by atoms with Crippen molar-refractivity contribution < 1.29 is 4.74 Å². The minimum atomic E-state index is 0.242. The van der Waals surface area contributed by atoms with Crippen LogP contribution >= 0.6 is 0 Å². The molecular formula is C16H30N2O. The van der Waals surface area contributed by atoms with Gasteiger partial charge in [-0.3, -0.25) is 0 Å². The van der Waals surface area contributed by atoms with Crippen LogP contribution in [0, 0.1) is 5.92 Å². The van der Waals surface area contributed by atoms with Crippen molar-refractivity contribution in [2.24, 2.45) is 11.7 Å². The van der Waals surface area contributed by atoms with Crippen molar-refractivity contribution in [3.63, 3.8) is 0 Å². The number of ether oxygens (including phenoxy) is 1.